The second kappa shape index (κ2) is 4.22. The van der Waals surface area contributed by atoms with Crippen LogP contribution < -0.4 is 14.8 Å². The predicted molar refractivity (Wildman–Crippen MR) is 66.7 cm³/mol. The Bertz CT molecular complexity index is 426. The van der Waals surface area contributed by atoms with Crippen LogP contribution in [0, 0.1) is 5.92 Å². The first-order valence-electron chi connectivity index (χ1n) is 6.31. The molecule has 1 aromatic rings. The summed E-state index contributed by atoms with van der Waals surface area (Å²) >= 11 is 0. The van der Waals surface area contributed by atoms with Crippen molar-refractivity contribution in [2.75, 3.05) is 20.8 Å². The van der Waals surface area contributed by atoms with Crippen molar-refractivity contribution >= 4 is 0 Å². The van der Waals surface area contributed by atoms with E-state index in [9.17, 15) is 0 Å². The maximum Gasteiger partial charge on any atom is 0.161 e. The van der Waals surface area contributed by atoms with Crippen LogP contribution in [0.15, 0.2) is 12.1 Å². The first-order valence-corrected chi connectivity index (χ1v) is 6.31. The van der Waals surface area contributed by atoms with Crippen LogP contribution in [0.2, 0.25) is 0 Å². The fraction of sp³-hybridized carbons (Fsp3) is 0.571. The van der Waals surface area contributed by atoms with Crippen LogP contribution >= 0.6 is 0 Å². The Morgan fingerprint density at radius 1 is 1.12 bits per heavy atom. The summed E-state index contributed by atoms with van der Waals surface area (Å²) in [5, 5.41) is 3.63. The first kappa shape index (κ1) is 10.9. The Hall–Kier alpha value is -1.22. The van der Waals surface area contributed by atoms with Crippen molar-refractivity contribution in [2.45, 2.75) is 25.3 Å². The first-order chi connectivity index (χ1) is 8.33. The van der Waals surface area contributed by atoms with E-state index in [-0.39, 0.29) is 0 Å². The molecule has 0 spiro atoms. The molecule has 0 bridgehead atoms. The summed E-state index contributed by atoms with van der Waals surface area (Å²) in [6.07, 6.45) is 3.79. The molecule has 0 saturated heterocycles. The molecule has 0 aromatic heterocycles. The molecular formula is C14H19NO2. The Kier molecular flexibility index (Phi) is 2.71. The highest BCUT2D eigenvalue weighted by atomic mass is 16.5. The second-order valence-corrected chi connectivity index (χ2v) is 4.93. The summed E-state index contributed by atoms with van der Waals surface area (Å²) in [6.45, 7) is 1.07. The van der Waals surface area contributed by atoms with Crippen LogP contribution in [0.25, 0.3) is 0 Å². The molecule has 1 aromatic carbocycles. The van der Waals surface area contributed by atoms with Crippen molar-refractivity contribution in [3.05, 3.63) is 23.3 Å². The third-order valence-electron chi connectivity index (χ3n) is 3.83. The molecule has 1 fully saturated rings. The van der Waals surface area contributed by atoms with Crippen LogP contribution in [-0.4, -0.2) is 20.8 Å². The largest absolute Gasteiger partial charge is 0.493 e. The quantitative estimate of drug-likeness (QED) is 0.869. The van der Waals surface area contributed by atoms with Gasteiger partial charge in [-0.1, -0.05) is 0 Å². The molecule has 0 radical (unpaired) electrons. The van der Waals surface area contributed by atoms with Crippen molar-refractivity contribution in [3.63, 3.8) is 0 Å². The number of hydrogen-bond acceptors (Lipinski definition) is 3. The molecule has 1 aliphatic heterocycles. The van der Waals surface area contributed by atoms with E-state index in [0.29, 0.717) is 6.04 Å². The summed E-state index contributed by atoms with van der Waals surface area (Å²) in [6, 6.07) is 4.83. The van der Waals surface area contributed by atoms with E-state index >= 15 is 0 Å². The number of nitrogens with one attached hydrogen (secondary N) is 1. The fourth-order valence-electron chi connectivity index (χ4n) is 2.77. The van der Waals surface area contributed by atoms with Gasteiger partial charge >= 0.3 is 0 Å². The molecule has 1 N–H and O–H groups in total. The topological polar surface area (TPSA) is 30.5 Å². The zero-order chi connectivity index (χ0) is 11.8. The summed E-state index contributed by atoms with van der Waals surface area (Å²) < 4.78 is 10.8. The summed E-state index contributed by atoms with van der Waals surface area (Å²) in [5.41, 5.74) is 2.83. The molecule has 1 saturated carbocycles. The van der Waals surface area contributed by atoms with Gasteiger partial charge in [-0.05, 0) is 55.0 Å². The van der Waals surface area contributed by atoms with Gasteiger partial charge in [0.05, 0.1) is 14.2 Å². The lowest BCUT2D eigenvalue weighted by molar-refractivity contribution is 0.351. The normalized spacial score (nSPS) is 23.1. The molecule has 2 aliphatic rings. The van der Waals surface area contributed by atoms with Gasteiger partial charge in [0, 0.05) is 6.04 Å². The van der Waals surface area contributed by atoms with E-state index in [1.807, 2.05) is 0 Å². The van der Waals surface area contributed by atoms with Gasteiger partial charge in [-0.2, -0.15) is 0 Å². The minimum atomic E-state index is 0.526. The maximum absolute atomic E-state index is 5.40. The molecule has 92 valence electrons. The molecule has 0 amide bonds. The molecule has 1 aliphatic carbocycles. The second-order valence-electron chi connectivity index (χ2n) is 4.93. The predicted octanol–water partition coefficient (Wildman–Crippen LogP) is 2.30. The van der Waals surface area contributed by atoms with Gasteiger partial charge in [0.25, 0.3) is 0 Å². The molecule has 3 nitrogen and oxygen atoms in total. The van der Waals surface area contributed by atoms with Crippen LogP contribution in [-0.2, 0) is 6.42 Å². The van der Waals surface area contributed by atoms with Gasteiger partial charge in [-0.3, -0.25) is 0 Å². The van der Waals surface area contributed by atoms with Gasteiger partial charge in [-0.15, -0.1) is 0 Å². The Morgan fingerprint density at radius 3 is 2.47 bits per heavy atom. The van der Waals surface area contributed by atoms with Crippen LogP contribution in [0.1, 0.15) is 30.0 Å². The molecule has 17 heavy (non-hydrogen) atoms. The van der Waals surface area contributed by atoms with E-state index < -0.39 is 0 Å². The highest BCUT2D eigenvalue weighted by Crippen LogP contribution is 2.45. The molecular weight excluding hydrogens is 214 g/mol. The lowest BCUT2D eigenvalue weighted by Gasteiger charge is -2.28. The zero-order valence-corrected chi connectivity index (χ0v) is 10.5. The van der Waals surface area contributed by atoms with E-state index in [0.717, 1.165) is 30.4 Å². The molecule has 0 unspecified atom stereocenters. The monoisotopic (exact) mass is 233 g/mol. The minimum Gasteiger partial charge on any atom is -0.493 e. The standard InChI is InChI=1S/C14H19NO2/c1-16-12-7-10-5-6-15-14(9-3-4-9)11(10)8-13(12)17-2/h7-9,14-15H,3-6H2,1-2H3/t14-/m1/s1. The number of ether oxygens (including phenoxy) is 2. The van der Waals surface area contributed by atoms with Crippen LogP contribution in [0.5, 0.6) is 11.5 Å². The van der Waals surface area contributed by atoms with Crippen LogP contribution in [0.4, 0.5) is 0 Å². The van der Waals surface area contributed by atoms with Gasteiger partial charge < -0.3 is 14.8 Å². The fourth-order valence-corrected chi connectivity index (χ4v) is 2.77. The maximum atomic E-state index is 5.40. The Labute approximate surface area is 102 Å². The smallest absolute Gasteiger partial charge is 0.161 e. The van der Waals surface area contributed by atoms with Gasteiger partial charge in [0.1, 0.15) is 0 Å². The van der Waals surface area contributed by atoms with Gasteiger partial charge in [0.2, 0.25) is 0 Å². The molecule has 3 heteroatoms. The van der Waals surface area contributed by atoms with Gasteiger partial charge in [-0.25, -0.2) is 0 Å². The summed E-state index contributed by atoms with van der Waals surface area (Å²) in [7, 11) is 3.40. The zero-order valence-electron chi connectivity index (χ0n) is 10.5. The van der Waals surface area contributed by atoms with Crippen molar-refractivity contribution in [3.8, 4) is 11.5 Å². The van der Waals surface area contributed by atoms with Crippen molar-refractivity contribution in [2.24, 2.45) is 5.92 Å². The van der Waals surface area contributed by atoms with E-state index in [1.165, 1.54) is 24.0 Å². The minimum absolute atomic E-state index is 0.526. The Morgan fingerprint density at radius 2 is 1.82 bits per heavy atom. The molecule has 1 heterocycles. The van der Waals surface area contributed by atoms with E-state index in [2.05, 4.69) is 17.4 Å². The number of methoxy groups -OCH3 is 2. The summed E-state index contributed by atoms with van der Waals surface area (Å²) in [4.78, 5) is 0. The highest BCUT2D eigenvalue weighted by Gasteiger charge is 2.35. The number of fused-ring (bicyclic) bond motifs is 1. The lowest BCUT2D eigenvalue weighted by Crippen LogP contribution is -2.31. The van der Waals surface area contributed by atoms with Gasteiger partial charge in [0.15, 0.2) is 11.5 Å². The average Bonchev–Trinajstić information content (AvgIpc) is 3.20. The summed E-state index contributed by atoms with van der Waals surface area (Å²) in [5.74, 6) is 2.52. The lowest BCUT2D eigenvalue weighted by atomic mass is 9.91. The van der Waals surface area contributed by atoms with E-state index in [4.69, 9.17) is 9.47 Å². The SMILES string of the molecule is COc1cc2c(cc1OC)[C@@H](C1CC1)NCC2. The highest BCUT2D eigenvalue weighted by molar-refractivity contribution is 5.49. The van der Waals surface area contributed by atoms with Crippen molar-refractivity contribution < 1.29 is 9.47 Å². The van der Waals surface area contributed by atoms with Crippen LogP contribution in [0.3, 0.4) is 0 Å². The molecule has 1 atom stereocenters. The number of hydrogen-bond donors (Lipinski definition) is 1. The number of rotatable bonds is 3. The van der Waals surface area contributed by atoms with Crippen molar-refractivity contribution in [1.29, 1.82) is 0 Å². The molecule has 3 rings (SSSR count). The number of benzene rings is 1. The third-order valence-corrected chi connectivity index (χ3v) is 3.83. The average molecular weight is 233 g/mol. The third kappa shape index (κ3) is 1.89. The van der Waals surface area contributed by atoms with E-state index in [1.54, 1.807) is 14.2 Å². The van der Waals surface area contributed by atoms with Crippen molar-refractivity contribution in [1.82, 2.24) is 5.32 Å². The Balaban J connectivity index is 2.03.